The molecule has 1 heterocycles. The van der Waals surface area contributed by atoms with Crippen molar-refractivity contribution in [3.63, 3.8) is 0 Å². The van der Waals surface area contributed by atoms with E-state index in [2.05, 4.69) is 25.1 Å². The molecule has 3 nitrogen and oxygen atoms in total. The zero-order valence-electron chi connectivity index (χ0n) is 9.12. The summed E-state index contributed by atoms with van der Waals surface area (Å²) in [6, 6.07) is 4.08. The topological polar surface area (TPSA) is 42.4 Å². The van der Waals surface area contributed by atoms with Crippen LogP contribution < -0.4 is 5.73 Å². The van der Waals surface area contributed by atoms with Crippen molar-refractivity contribution in [3.8, 4) is 0 Å². The first-order valence-electron chi connectivity index (χ1n) is 5.14. The van der Waals surface area contributed by atoms with Crippen molar-refractivity contribution in [2.75, 3.05) is 27.2 Å². The molecule has 0 bridgehead atoms. The summed E-state index contributed by atoms with van der Waals surface area (Å²) in [5.74, 6) is 2.09. The Morgan fingerprint density at radius 3 is 2.43 bits per heavy atom. The quantitative estimate of drug-likeness (QED) is 0.745. The Morgan fingerprint density at radius 1 is 1.21 bits per heavy atom. The van der Waals surface area contributed by atoms with E-state index in [4.69, 9.17) is 10.2 Å². The molecule has 1 aromatic heterocycles. The molecular weight excluding hydrogens is 176 g/mol. The van der Waals surface area contributed by atoms with E-state index in [0.29, 0.717) is 6.54 Å². The minimum absolute atomic E-state index is 0.657. The monoisotopic (exact) mass is 196 g/mol. The summed E-state index contributed by atoms with van der Waals surface area (Å²) >= 11 is 0. The van der Waals surface area contributed by atoms with E-state index in [0.717, 1.165) is 37.3 Å². The van der Waals surface area contributed by atoms with Gasteiger partial charge in [-0.05, 0) is 45.7 Å². The average molecular weight is 196 g/mol. The minimum atomic E-state index is 0.657. The summed E-state index contributed by atoms with van der Waals surface area (Å²) in [6.07, 6.45) is 3.00. The van der Waals surface area contributed by atoms with Gasteiger partial charge in [-0.15, -0.1) is 0 Å². The number of aryl methyl sites for hydroxylation is 1. The summed E-state index contributed by atoms with van der Waals surface area (Å²) < 4.78 is 5.61. The Bertz CT molecular complexity index is 256. The lowest BCUT2D eigenvalue weighted by molar-refractivity contribution is 0.385. The number of nitrogens with two attached hydrogens (primary N) is 1. The third-order valence-electron chi connectivity index (χ3n) is 2.14. The van der Waals surface area contributed by atoms with Crippen LogP contribution in [-0.2, 0) is 12.8 Å². The van der Waals surface area contributed by atoms with Gasteiger partial charge in [0.1, 0.15) is 11.5 Å². The number of rotatable bonds is 6. The van der Waals surface area contributed by atoms with Crippen molar-refractivity contribution in [2.45, 2.75) is 19.3 Å². The van der Waals surface area contributed by atoms with Crippen LogP contribution in [0.2, 0.25) is 0 Å². The molecule has 0 aliphatic rings. The van der Waals surface area contributed by atoms with E-state index in [-0.39, 0.29) is 0 Å². The maximum atomic E-state index is 5.61. The molecule has 0 aliphatic carbocycles. The van der Waals surface area contributed by atoms with Crippen molar-refractivity contribution in [1.29, 1.82) is 0 Å². The zero-order valence-corrected chi connectivity index (χ0v) is 9.12. The molecule has 0 radical (unpaired) electrons. The molecule has 0 aromatic carbocycles. The highest BCUT2D eigenvalue weighted by molar-refractivity contribution is 5.07. The molecule has 1 rings (SSSR count). The normalized spacial score (nSPS) is 11.1. The van der Waals surface area contributed by atoms with Crippen molar-refractivity contribution < 1.29 is 4.42 Å². The molecule has 3 heteroatoms. The molecule has 2 N–H and O–H groups in total. The highest BCUT2D eigenvalue weighted by atomic mass is 16.3. The van der Waals surface area contributed by atoms with E-state index in [1.807, 2.05) is 6.07 Å². The van der Waals surface area contributed by atoms with E-state index >= 15 is 0 Å². The van der Waals surface area contributed by atoms with Gasteiger partial charge < -0.3 is 15.1 Å². The molecule has 0 saturated carbocycles. The Kier molecular flexibility index (Phi) is 4.70. The maximum Gasteiger partial charge on any atom is 0.105 e. The number of hydrogen-bond donors (Lipinski definition) is 1. The molecule has 0 spiro atoms. The second-order valence-electron chi connectivity index (χ2n) is 3.81. The highest BCUT2D eigenvalue weighted by Crippen LogP contribution is 2.10. The van der Waals surface area contributed by atoms with Crippen molar-refractivity contribution in [1.82, 2.24) is 4.90 Å². The van der Waals surface area contributed by atoms with Gasteiger partial charge in [-0.1, -0.05) is 0 Å². The minimum Gasteiger partial charge on any atom is -0.466 e. The van der Waals surface area contributed by atoms with Crippen LogP contribution in [0.25, 0.3) is 0 Å². The van der Waals surface area contributed by atoms with Gasteiger partial charge in [-0.3, -0.25) is 0 Å². The van der Waals surface area contributed by atoms with Gasteiger partial charge in [0.2, 0.25) is 0 Å². The van der Waals surface area contributed by atoms with Crippen LogP contribution in [0.5, 0.6) is 0 Å². The van der Waals surface area contributed by atoms with Crippen LogP contribution in [0.1, 0.15) is 17.9 Å². The highest BCUT2D eigenvalue weighted by Gasteiger charge is 2.01. The van der Waals surface area contributed by atoms with Gasteiger partial charge in [0.05, 0.1) is 0 Å². The van der Waals surface area contributed by atoms with Gasteiger partial charge in [0.15, 0.2) is 0 Å². The van der Waals surface area contributed by atoms with Crippen LogP contribution >= 0.6 is 0 Å². The zero-order chi connectivity index (χ0) is 10.4. The van der Waals surface area contributed by atoms with Crippen LogP contribution in [0.15, 0.2) is 16.5 Å². The van der Waals surface area contributed by atoms with Gasteiger partial charge in [-0.2, -0.15) is 0 Å². The molecule has 14 heavy (non-hydrogen) atoms. The van der Waals surface area contributed by atoms with Crippen LogP contribution in [0, 0.1) is 0 Å². The fourth-order valence-corrected chi connectivity index (χ4v) is 1.40. The molecule has 0 atom stereocenters. The Morgan fingerprint density at radius 2 is 1.86 bits per heavy atom. The molecule has 0 fully saturated rings. The predicted molar refractivity (Wildman–Crippen MR) is 58.3 cm³/mol. The summed E-state index contributed by atoms with van der Waals surface area (Å²) in [6.45, 7) is 1.76. The maximum absolute atomic E-state index is 5.61. The first kappa shape index (κ1) is 11.3. The van der Waals surface area contributed by atoms with E-state index < -0.39 is 0 Å². The van der Waals surface area contributed by atoms with E-state index in [9.17, 15) is 0 Å². The van der Waals surface area contributed by atoms with Crippen LogP contribution in [0.3, 0.4) is 0 Å². The molecule has 0 unspecified atom stereocenters. The Labute approximate surface area is 85.9 Å². The summed E-state index contributed by atoms with van der Waals surface area (Å²) in [4.78, 5) is 2.18. The van der Waals surface area contributed by atoms with Gasteiger partial charge in [0, 0.05) is 12.8 Å². The lowest BCUT2D eigenvalue weighted by Gasteiger charge is -2.07. The van der Waals surface area contributed by atoms with Crippen molar-refractivity contribution in [3.05, 3.63) is 23.7 Å². The van der Waals surface area contributed by atoms with Crippen LogP contribution in [-0.4, -0.2) is 32.1 Å². The predicted octanol–water partition coefficient (Wildman–Crippen LogP) is 1.28. The smallest absolute Gasteiger partial charge is 0.105 e. The van der Waals surface area contributed by atoms with Gasteiger partial charge in [-0.25, -0.2) is 0 Å². The van der Waals surface area contributed by atoms with E-state index in [1.165, 1.54) is 0 Å². The van der Waals surface area contributed by atoms with Crippen LogP contribution in [0.4, 0.5) is 0 Å². The third-order valence-corrected chi connectivity index (χ3v) is 2.14. The first-order chi connectivity index (χ1) is 6.72. The summed E-state index contributed by atoms with van der Waals surface area (Å²) in [7, 11) is 4.17. The Hall–Kier alpha value is -0.800. The molecule has 0 saturated heterocycles. The number of hydrogen-bond acceptors (Lipinski definition) is 3. The average Bonchev–Trinajstić information content (AvgIpc) is 2.53. The lowest BCUT2D eigenvalue weighted by Crippen LogP contribution is -2.13. The Balaban J connectivity index is 2.28. The SMILES string of the molecule is CN(C)CCCc1ccc(CCN)o1. The fourth-order valence-electron chi connectivity index (χ4n) is 1.40. The first-order valence-corrected chi connectivity index (χ1v) is 5.14. The standard InChI is InChI=1S/C11H20N2O/c1-13(2)9-3-4-10-5-6-11(14-10)7-8-12/h5-6H,3-4,7-9,12H2,1-2H3. The fraction of sp³-hybridized carbons (Fsp3) is 0.636. The number of furan rings is 1. The second kappa shape index (κ2) is 5.83. The van der Waals surface area contributed by atoms with Gasteiger partial charge >= 0.3 is 0 Å². The van der Waals surface area contributed by atoms with Gasteiger partial charge in [0.25, 0.3) is 0 Å². The molecule has 1 aromatic rings. The van der Waals surface area contributed by atoms with Crippen molar-refractivity contribution in [2.24, 2.45) is 5.73 Å². The van der Waals surface area contributed by atoms with Crippen molar-refractivity contribution >= 4 is 0 Å². The molecule has 80 valence electrons. The third kappa shape index (κ3) is 3.94. The molecule has 0 amide bonds. The summed E-state index contributed by atoms with van der Waals surface area (Å²) in [5, 5.41) is 0. The molecular formula is C11H20N2O. The second-order valence-corrected chi connectivity index (χ2v) is 3.81. The molecule has 0 aliphatic heterocycles. The number of nitrogens with zero attached hydrogens (tertiary/aromatic N) is 1. The van der Waals surface area contributed by atoms with E-state index in [1.54, 1.807) is 0 Å². The lowest BCUT2D eigenvalue weighted by atomic mass is 10.2. The summed E-state index contributed by atoms with van der Waals surface area (Å²) in [5.41, 5.74) is 5.44. The largest absolute Gasteiger partial charge is 0.466 e.